The standard InChI is InChI=1S/C17H22O4/c1-10-6-5-7-11(2)9-15-16(12(3)17(19)21-15)14(8-10)20-13(4)18/h7-8,14-16H,3,5-6,9H2,1-2,4H3. The molecule has 0 amide bonds. The maximum absolute atomic E-state index is 11.9. The Labute approximate surface area is 125 Å². The molecule has 0 radical (unpaired) electrons. The molecule has 0 N–H and O–H groups in total. The maximum Gasteiger partial charge on any atom is 0.334 e. The first kappa shape index (κ1) is 15.5. The summed E-state index contributed by atoms with van der Waals surface area (Å²) in [6.07, 6.45) is 5.81. The largest absolute Gasteiger partial charge is 0.458 e. The average molecular weight is 290 g/mol. The third-order valence-corrected chi connectivity index (χ3v) is 3.98. The lowest BCUT2D eigenvalue weighted by Gasteiger charge is -2.26. The normalized spacial score (nSPS) is 30.0. The van der Waals surface area contributed by atoms with E-state index in [9.17, 15) is 9.59 Å². The highest BCUT2D eigenvalue weighted by atomic mass is 16.6. The van der Waals surface area contributed by atoms with Crippen LogP contribution in [0.2, 0.25) is 0 Å². The van der Waals surface area contributed by atoms with Crippen LogP contribution in [0.1, 0.15) is 40.0 Å². The van der Waals surface area contributed by atoms with E-state index in [1.807, 2.05) is 19.9 Å². The predicted molar refractivity (Wildman–Crippen MR) is 79.4 cm³/mol. The molecule has 1 heterocycles. The molecule has 3 atom stereocenters. The molecule has 0 aromatic heterocycles. The molecule has 0 bridgehead atoms. The summed E-state index contributed by atoms with van der Waals surface area (Å²) in [5, 5.41) is 0. The number of ether oxygens (including phenoxy) is 2. The van der Waals surface area contributed by atoms with E-state index in [1.54, 1.807) is 0 Å². The summed E-state index contributed by atoms with van der Waals surface area (Å²) in [5.41, 5.74) is 2.71. The molecule has 4 nitrogen and oxygen atoms in total. The van der Waals surface area contributed by atoms with Gasteiger partial charge in [-0.1, -0.05) is 23.8 Å². The van der Waals surface area contributed by atoms with Crippen molar-refractivity contribution in [3.8, 4) is 0 Å². The first-order valence-electron chi connectivity index (χ1n) is 7.28. The van der Waals surface area contributed by atoms with E-state index < -0.39 is 6.10 Å². The van der Waals surface area contributed by atoms with Gasteiger partial charge in [0.25, 0.3) is 0 Å². The highest BCUT2D eigenvalue weighted by molar-refractivity contribution is 5.91. The topological polar surface area (TPSA) is 52.6 Å². The number of carbonyl (C=O) groups is 2. The van der Waals surface area contributed by atoms with Gasteiger partial charge in [-0.3, -0.25) is 4.79 Å². The van der Waals surface area contributed by atoms with Crippen LogP contribution in [0, 0.1) is 5.92 Å². The summed E-state index contributed by atoms with van der Waals surface area (Å²) in [4.78, 5) is 23.2. The van der Waals surface area contributed by atoms with Gasteiger partial charge in [0.1, 0.15) is 12.2 Å². The SMILES string of the molecule is C=C1C(=O)OC2CC(C)=CCCC(C)=CC(OC(C)=O)C12. The number of allylic oxidation sites excluding steroid dienone is 2. The summed E-state index contributed by atoms with van der Waals surface area (Å²) >= 11 is 0. The predicted octanol–water partition coefficient (Wildman–Crippen LogP) is 3.09. The van der Waals surface area contributed by atoms with E-state index in [0.29, 0.717) is 12.0 Å². The number of hydrogen-bond acceptors (Lipinski definition) is 4. The third-order valence-electron chi connectivity index (χ3n) is 3.98. The molecule has 0 spiro atoms. The lowest BCUT2D eigenvalue weighted by atomic mass is 9.85. The van der Waals surface area contributed by atoms with Gasteiger partial charge in [-0.25, -0.2) is 4.79 Å². The van der Waals surface area contributed by atoms with Crippen LogP contribution in [0.3, 0.4) is 0 Å². The molecule has 2 aliphatic rings. The van der Waals surface area contributed by atoms with Crippen molar-refractivity contribution in [2.24, 2.45) is 5.92 Å². The van der Waals surface area contributed by atoms with Crippen LogP contribution in [-0.4, -0.2) is 24.1 Å². The van der Waals surface area contributed by atoms with Crippen LogP contribution in [0.25, 0.3) is 0 Å². The Balaban J connectivity index is 2.39. The van der Waals surface area contributed by atoms with Crippen molar-refractivity contribution in [1.29, 1.82) is 0 Å². The quantitative estimate of drug-likeness (QED) is 0.423. The summed E-state index contributed by atoms with van der Waals surface area (Å²) < 4.78 is 10.9. The Morgan fingerprint density at radius 1 is 1.38 bits per heavy atom. The average Bonchev–Trinajstić information content (AvgIpc) is 2.62. The Bertz CT molecular complexity index is 527. The van der Waals surface area contributed by atoms with Crippen molar-refractivity contribution in [2.75, 3.05) is 0 Å². The highest BCUT2D eigenvalue weighted by Crippen LogP contribution is 2.36. The molecule has 0 aromatic carbocycles. The zero-order valence-corrected chi connectivity index (χ0v) is 12.8. The summed E-state index contributed by atoms with van der Waals surface area (Å²) in [5.74, 6) is -1.06. The molecule has 0 saturated carbocycles. The fourth-order valence-electron chi connectivity index (χ4n) is 2.94. The van der Waals surface area contributed by atoms with Gasteiger partial charge in [0.2, 0.25) is 0 Å². The number of fused-ring (bicyclic) bond motifs is 1. The smallest absolute Gasteiger partial charge is 0.334 e. The highest BCUT2D eigenvalue weighted by Gasteiger charge is 2.44. The second-order valence-corrected chi connectivity index (χ2v) is 5.88. The molecule has 2 rings (SSSR count). The van der Waals surface area contributed by atoms with Crippen LogP contribution in [-0.2, 0) is 19.1 Å². The van der Waals surface area contributed by atoms with Gasteiger partial charge in [-0.15, -0.1) is 0 Å². The first-order chi connectivity index (χ1) is 9.88. The van der Waals surface area contributed by atoms with Crippen LogP contribution in [0.5, 0.6) is 0 Å². The summed E-state index contributed by atoms with van der Waals surface area (Å²) in [6.45, 7) is 9.26. The van der Waals surface area contributed by atoms with Gasteiger partial charge in [0.05, 0.1) is 5.92 Å². The zero-order valence-electron chi connectivity index (χ0n) is 12.8. The van der Waals surface area contributed by atoms with Crippen LogP contribution in [0.15, 0.2) is 35.5 Å². The van der Waals surface area contributed by atoms with Crippen molar-refractivity contribution in [2.45, 2.75) is 52.2 Å². The fourth-order valence-corrected chi connectivity index (χ4v) is 2.94. The van der Waals surface area contributed by atoms with Crippen molar-refractivity contribution in [3.05, 3.63) is 35.5 Å². The number of esters is 2. The summed E-state index contributed by atoms with van der Waals surface area (Å²) in [6, 6.07) is 0. The Hall–Kier alpha value is -1.84. The van der Waals surface area contributed by atoms with Crippen LogP contribution >= 0.6 is 0 Å². The monoisotopic (exact) mass is 290 g/mol. The Morgan fingerprint density at radius 2 is 2.10 bits per heavy atom. The number of carbonyl (C=O) groups excluding carboxylic acids is 2. The molecule has 1 aliphatic heterocycles. The van der Waals surface area contributed by atoms with E-state index in [4.69, 9.17) is 9.47 Å². The minimum absolute atomic E-state index is 0.308. The molecule has 1 aliphatic carbocycles. The van der Waals surface area contributed by atoms with Gasteiger partial charge in [0, 0.05) is 18.9 Å². The fraction of sp³-hybridized carbons (Fsp3) is 0.529. The van der Waals surface area contributed by atoms with Crippen molar-refractivity contribution >= 4 is 11.9 Å². The molecule has 114 valence electrons. The lowest BCUT2D eigenvalue weighted by molar-refractivity contribution is -0.147. The maximum atomic E-state index is 11.9. The minimum Gasteiger partial charge on any atom is -0.458 e. The number of rotatable bonds is 1. The van der Waals surface area contributed by atoms with Crippen LogP contribution in [0.4, 0.5) is 0 Å². The number of hydrogen-bond donors (Lipinski definition) is 0. The third kappa shape index (κ3) is 3.63. The van der Waals surface area contributed by atoms with E-state index in [0.717, 1.165) is 18.4 Å². The Morgan fingerprint density at radius 3 is 2.76 bits per heavy atom. The molecule has 21 heavy (non-hydrogen) atoms. The first-order valence-corrected chi connectivity index (χ1v) is 7.28. The Kier molecular flexibility index (Phi) is 4.66. The van der Waals surface area contributed by atoms with Gasteiger partial charge < -0.3 is 9.47 Å². The van der Waals surface area contributed by atoms with Gasteiger partial charge in [-0.05, 0) is 32.8 Å². The summed E-state index contributed by atoms with van der Waals surface area (Å²) in [7, 11) is 0. The van der Waals surface area contributed by atoms with E-state index >= 15 is 0 Å². The van der Waals surface area contributed by atoms with E-state index in [-0.39, 0.29) is 24.0 Å². The van der Waals surface area contributed by atoms with Crippen molar-refractivity contribution in [1.82, 2.24) is 0 Å². The molecular formula is C17H22O4. The van der Waals surface area contributed by atoms with E-state index in [1.165, 1.54) is 12.5 Å². The second kappa shape index (κ2) is 6.29. The minimum atomic E-state index is -0.489. The molecule has 1 fully saturated rings. The molecule has 4 heteroatoms. The zero-order chi connectivity index (χ0) is 15.6. The van der Waals surface area contributed by atoms with E-state index in [2.05, 4.69) is 12.7 Å². The molecule has 0 aromatic rings. The van der Waals surface area contributed by atoms with Gasteiger partial charge in [-0.2, -0.15) is 0 Å². The molecule has 3 unspecified atom stereocenters. The molecule has 1 saturated heterocycles. The van der Waals surface area contributed by atoms with Gasteiger partial charge in [0.15, 0.2) is 0 Å². The molecular weight excluding hydrogens is 268 g/mol. The van der Waals surface area contributed by atoms with Crippen molar-refractivity contribution < 1.29 is 19.1 Å². The lowest BCUT2D eigenvalue weighted by Crippen LogP contribution is -2.32. The van der Waals surface area contributed by atoms with Gasteiger partial charge >= 0.3 is 11.9 Å². The van der Waals surface area contributed by atoms with Crippen LogP contribution < -0.4 is 0 Å². The van der Waals surface area contributed by atoms with Crippen molar-refractivity contribution in [3.63, 3.8) is 0 Å². The second-order valence-electron chi connectivity index (χ2n) is 5.88.